The summed E-state index contributed by atoms with van der Waals surface area (Å²) >= 11 is 0. The number of benzene rings is 1. The Kier molecular flexibility index (Phi) is 3.20. The summed E-state index contributed by atoms with van der Waals surface area (Å²) in [6.07, 6.45) is 3.49. The molecule has 1 saturated carbocycles. The Labute approximate surface area is 117 Å². The zero-order valence-electron chi connectivity index (χ0n) is 11.8. The lowest BCUT2D eigenvalue weighted by atomic mass is 9.93. The monoisotopic (exact) mass is 273 g/mol. The van der Waals surface area contributed by atoms with Crippen molar-refractivity contribution in [1.82, 2.24) is 15.0 Å². The number of carbonyl (C=O) groups is 1. The lowest BCUT2D eigenvalue weighted by Gasteiger charge is -2.20. The van der Waals surface area contributed by atoms with Crippen molar-refractivity contribution in [3.63, 3.8) is 0 Å². The van der Waals surface area contributed by atoms with Gasteiger partial charge in [-0.05, 0) is 36.8 Å². The topological polar surface area (TPSA) is 68.0 Å². The van der Waals surface area contributed by atoms with Crippen molar-refractivity contribution in [2.45, 2.75) is 39.2 Å². The molecule has 1 aliphatic carbocycles. The minimum absolute atomic E-state index is 0.228. The second-order valence-corrected chi connectivity index (χ2v) is 5.68. The number of rotatable bonds is 3. The number of aromatic carboxylic acids is 1. The quantitative estimate of drug-likeness (QED) is 0.932. The van der Waals surface area contributed by atoms with Gasteiger partial charge in [0.25, 0.3) is 0 Å². The molecule has 1 N–H and O–H groups in total. The number of carboxylic acids is 1. The Morgan fingerprint density at radius 3 is 2.90 bits per heavy atom. The van der Waals surface area contributed by atoms with Crippen LogP contribution in [0.2, 0.25) is 0 Å². The molecular formula is C15H19N3O2. The molecule has 3 atom stereocenters. The number of fused-ring (bicyclic) bond motifs is 1. The Morgan fingerprint density at radius 2 is 2.25 bits per heavy atom. The molecule has 1 aliphatic rings. The summed E-state index contributed by atoms with van der Waals surface area (Å²) in [5, 5.41) is 17.6. The third kappa shape index (κ3) is 1.88. The Balaban J connectivity index is 2.06. The average molecular weight is 273 g/mol. The fourth-order valence-corrected chi connectivity index (χ4v) is 3.53. The van der Waals surface area contributed by atoms with Crippen LogP contribution >= 0.6 is 0 Å². The average Bonchev–Trinajstić information content (AvgIpc) is 3.01. The third-order valence-corrected chi connectivity index (χ3v) is 4.76. The Hall–Kier alpha value is -1.91. The van der Waals surface area contributed by atoms with E-state index in [-0.39, 0.29) is 5.56 Å². The molecule has 20 heavy (non-hydrogen) atoms. The Bertz CT molecular complexity index is 650. The number of carboxylic acid groups (broad SMARTS) is 1. The second kappa shape index (κ2) is 4.89. The van der Waals surface area contributed by atoms with Crippen molar-refractivity contribution in [2.75, 3.05) is 0 Å². The molecule has 5 heteroatoms. The van der Waals surface area contributed by atoms with Crippen molar-refractivity contribution >= 4 is 17.0 Å². The molecule has 0 saturated heterocycles. The van der Waals surface area contributed by atoms with Crippen molar-refractivity contribution in [3.8, 4) is 0 Å². The fourth-order valence-electron chi connectivity index (χ4n) is 3.53. The van der Waals surface area contributed by atoms with Gasteiger partial charge in [-0.15, -0.1) is 5.10 Å². The first-order chi connectivity index (χ1) is 9.63. The Morgan fingerprint density at radius 1 is 1.45 bits per heavy atom. The summed E-state index contributed by atoms with van der Waals surface area (Å²) < 4.78 is 1.93. The zero-order valence-corrected chi connectivity index (χ0v) is 11.8. The molecule has 0 aliphatic heterocycles. The molecule has 3 rings (SSSR count). The second-order valence-electron chi connectivity index (χ2n) is 5.68. The van der Waals surface area contributed by atoms with E-state index in [1.165, 1.54) is 12.8 Å². The van der Waals surface area contributed by atoms with E-state index in [4.69, 9.17) is 0 Å². The molecule has 1 fully saturated rings. The van der Waals surface area contributed by atoms with E-state index < -0.39 is 5.97 Å². The first-order valence-corrected chi connectivity index (χ1v) is 7.20. The van der Waals surface area contributed by atoms with Crippen LogP contribution in [-0.2, 0) is 0 Å². The van der Waals surface area contributed by atoms with Crippen molar-refractivity contribution in [2.24, 2.45) is 11.8 Å². The molecule has 0 radical (unpaired) electrons. The summed E-state index contributed by atoms with van der Waals surface area (Å²) in [5.74, 6) is 0.328. The molecule has 2 aromatic rings. The van der Waals surface area contributed by atoms with Crippen LogP contribution in [0.25, 0.3) is 11.0 Å². The molecule has 0 spiro atoms. The van der Waals surface area contributed by atoms with Gasteiger partial charge in [0.15, 0.2) is 0 Å². The lowest BCUT2D eigenvalue weighted by Crippen LogP contribution is -2.16. The van der Waals surface area contributed by atoms with Crippen LogP contribution in [0.5, 0.6) is 0 Å². The highest BCUT2D eigenvalue weighted by molar-refractivity contribution is 6.00. The van der Waals surface area contributed by atoms with Gasteiger partial charge >= 0.3 is 5.97 Å². The van der Waals surface area contributed by atoms with Crippen LogP contribution < -0.4 is 0 Å². The largest absolute Gasteiger partial charge is 0.478 e. The molecular weight excluding hydrogens is 254 g/mol. The number of nitrogens with zero attached hydrogens (tertiary/aromatic N) is 3. The predicted molar refractivity (Wildman–Crippen MR) is 75.7 cm³/mol. The normalized spacial score (nSPS) is 26.2. The number of hydrogen-bond donors (Lipinski definition) is 1. The van der Waals surface area contributed by atoms with Crippen molar-refractivity contribution < 1.29 is 9.90 Å². The fraction of sp³-hybridized carbons (Fsp3) is 0.533. The van der Waals surface area contributed by atoms with Gasteiger partial charge in [-0.3, -0.25) is 0 Å². The molecule has 1 aromatic heterocycles. The standard InChI is InChI=1S/C15H19N3O2/c1-3-10-7-8-12(9(10)2)18-13-6-4-5-11(15(19)20)14(13)16-17-18/h4-6,9-10,12H,3,7-8H2,1-2H3,(H,19,20). The SMILES string of the molecule is CCC1CCC(n2nnc3c(C(=O)O)cccc32)C1C. The van der Waals surface area contributed by atoms with E-state index in [0.29, 0.717) is 17.5 Å². The highest BCUT2D eigenvalue weighted by atomic mass is 16.4. The number of aromatic nitrogens is 3. The van der Waals surface area contributed by atoms with Gasteiger partial charge in [-0.25, -0.2) is 9.48 Å². The maximum Gasteiger partial charge on any atom is 0.338 e. The van der Waals surface area contributed by atoms with E-state index in [1.807, 2.05) is 10.7 Å². The lowest BCUT2D eigenvalue weighted by molar-refractivity contribution is 0.0699. The van der Waals surface area contributed by atoms with Gasteiger partial charge in [-0.2, -0.15) is 0 Å². The molecule has 1 aromatic carbocycles. The predicted octanol–water partition coefficient (Wildman–Crippen LogP) is 3.13. The van der Waals surface area contributed by atoms with Crippen molar-refractivity contribution in [3.05, 3.63) is 23.8 Å². The van der Waals surface area contributed by atoms with Gasteiger partial charge in [0.1, 0.15) is 5.52 Å². The van der Waals surface area contributed by atoms with Crippen LogP contribution in [0.4, 0.5) is 0 Å². The maximum atomic E-state index is 11.2. The number of hydrogen-bond acceptors (Lipinski definition) is 3. The molecule has 1 heterocycles. The van der Waals surface area contributed by atoms with E-state index in [1.54, 1.807) is 12.1 Å². The highest BCUT2D eigenvalue weighted by Gasteiger charge is 2.34. The summed E-state index contributed by atoms with van der Waals surface area (Å²) in [4.78, 5) is 11.2. The van der Waals surface area contributed by atoms with Gasteiger partial charge in [0.05, 0.1) is 17.1 Å². The van der Waals surface area contributed by atoms with E-state index >= 15 is 0 Å². The van der Waals surface area contributed by atoms with E-state index in [0.717, 1.165) is 17.9 Å². The minimum atomic E-state index is -0.950. The molecule has 0 amide bonds. The van der Waals surface area contributed by atoms with Crippen LogP contribution in [-0.4, -0.2) is 26.1 Å². The first-order valence-electron chi connectivity index (χ1n) is 7.20. The molecule has 106 valence electrons. The van der Waals surface area contributed by atoms with Crippen LogP contribution in [0.1, 0.15) is 49.5 Å². The summed E-state index contributed by atoms with van der Waals surface area (Å²) in [5.41, 5.74) is 1.55. The first kappa shape index (κ1) is 13.1. The molecule has 3 unspecified atom stereocenters. The summed E-state index contributed by atoms with van der Waals surface area (Å²) in [6.45, 7) is 4.49. The van der Waals surface area contributed by atoms with E-state index in [2.05, 4.69) is 24.2 Å². The van der Waals surface area contributed by atoms with Gasteiger partial charge in [0, 0.05) is 0 Å². The van der Waals surface area contributed by atoms with Gasteiger partial charge in [0.2, 0.25) is 0 Å². The summed E-state index contributed by atoms with van der Waals surface area (Å²) in [6, 6.07) is 5.58. The zero-order chi connectivity index (χ0) is 14.3. The summed E-state index contributed by atoms with van der Waals surface area (Å²) in [7, 11) is 0. The third-order valence-electron chi connectivity index (χ3n) is 4.76. The minimum Gasteiger partial charge on any atom is -0.478 e. The smallest absolute Gasteiger partial charge is 0.338 e. The van der Waals surface area contributed by atoms with Crippen molar-refractivity contribution in [1.29, 1.82) is 0 Å². The molecule has 5 nitrogen and oxygen atoms in total. The highest BCUT2D eigenvalue weighted by Crippen LogP contribution is 2.42. The van der Waals surface area contributed by atoms with Gasteiger partial charge in [-0.1, -0.05) is 31.5 Å². The molecule has 0 bridgehead atoms. The van der Waals surface area contributed by atoms with Crippen LogP contribution in [0, 0.1) is 11.8 Å². The van der Waals surface area contributed by atoms with Crippen LogP contribution in [0.15, 0.2) is 18.2 Å². The van der Waals surface area contributed by atoms with Gasteiger partial charge < -0.3 is 5.11 Å². The van der Waals surface area contributed by atoms with E-state index in [9.17, 15) is 9.90 Å². The van der Waals surface area contributed by atoms with Crippen LogP contribution in [0.3, 0.4) is 0 Å². The maximum absolute atomic E-state index is 11.2.